The first-order chi connectivity index (χ1) is 14.8. The SMILES string of the molecule is C[C@@]12CCC(=O)N1[C@@H](C(=O)N1CCN(S(=O)(=O)c3ccc4c(c3)OCCO4)CC1)CS2. The van der Waals surface area contributed by atoms with Crippen molar-refractivity contribution in [1.29, 1.82) is 0 Å². The van der Waals surface area contributed by atoms with Gasteiger partial charge in [-0.1, -0.05) is 0 Å². The second kappa shape index (κ2) is 7.56. The zero-order valence-corrected chi connectivity index (χ0v) is 18.9. The van der Waals surface area contributed by atoms with E-state index in [4.69, 9.17) is 9.47 Å². The van der Waals surface area contributed by atoms with E-state index in [-0.39, 0.29) is 34.7 Å². The topological polar surface area (TPSA) is 96.5 Å². The highest BCUT2D eigenvalue weighted by Crippen LogP contribution is 2.47. The molecular weight excluding hydrogens is 442 g/mol. The van der Waals surface area contributed by atoms with Gasteiger partial charge in [-0.25, -0.2) is 8.42 Å². The lowest BCUT2D eigenvalue weighted by Crippen LogP contribution is -2.56. The van der Waals surface area contributed by atoms with E-state index in [0.29, 0.717) is 50.0 Å². The molecule has 31 heavy (non-hydrogen) atoms. The van der Waals surface area contributed by atoms with E-state index in [2.05, 4.69) is 0 Å². The number of fused-ring (bicyclic) bond motifs is 2. The number of hydrogen-bond acceptors (Lipinski definition) is 7. The van der Waals surface area contributed by atoms with E-state index in [9.17, 15) is 18.0 Å². The van der Waals surface area contributed by atoms with Gasteiger partial charge < -0.3 is 19.3 Å². The van der Waals surface area contributed by atoms with E-state index in [1.54, 1.807) is 27.6 Å². The molecule has 11 heteroatoms. The van der Waals surface area contributed by atoms with Gasteiger partial charge in [-0.05, 0) is 25.5 Å². The standard InChI is InChI=1S/C20H25N3O6S2/c1-20-5-4-18(24)23(20)15(13-30-20)19(25)21-6-8-22(9-7-21)31(26,27)14-2-3-16-17(12-14)29-11-10-28-16/h2-3,12,15H,4-11,13H2,1H3/t15-,20-/m1/s1. The van der Waals surface area contributed by atoms with Gasteiger partial charge in [-0.15, -0.1) is 11.8 Å². The van der Waals surface area contributed by atoms with Crippen LogP contribution in [0.3, 0.4) is 0 Å². The lowest BCUT2D eigenvalue weighted by molar-refractivity contribution is -0.144. The Kier molecular flexibility index (Phi) is 5.10. The fourth-order valence-electron chi connectivity index (χ4n) is 4.70. The number of nitrogens with zero attached hydrogens (tertiary/aromatic N) is 3. The highest BCUT2D eigenvalue weighted by Gasteiger charge is 2.53. The molecule has 2 atom stereocenters. The summed E-state index contributed by atoms with van der Waals surface area (Å²) in [6, 6.07) is 4.18. The van der Waals surface area contributed by atoms with Crippen LogP contribution in [0.2, 0.25) is 0 Å². The summed E-state index contributed by atoms with van der Waals surface area (Å²) < 4.78 is 38.6. The Balaban J connectivity index is 1.26. The van der Waals surface area contributed by atoms with Crippen molar-refractivity contribution in [1.82, 2.24) is 14.1 Å². The van der Waals surface area contributed by atoms with Crippen molar-refractivity contribution < 1.29 is 27.5 Å². The molecule has 1 aromatic rings. The van der Waals surface area contributed by atoms with Crippen LogP contribution in [0.1, 0.15) is 19.8 Å². The molecule has 3 fully saturated rings. The predicted octanol–water partition coefficient (Wildman–Crippen LogP) is 0.745. The third-order valence-corrected chi connectivity index (χ3v) is 9.83. The molecule has 4 heterocycles. The van der Waals surface area contributed by atoms with Crippen molar-refractivity contribution in [3.05, 3.63) is 18.2 Å². The molecule has 0 bridgehead atoms. The molecule has 0 spiro atoms. The minimum Gasteiger partial charge on any atom is -0.486 e. The van der Waals surface area contributed by atoms with Crippen molar-refractivity contribution >= 4 is 33.6 Å². The molecule has 9 nitrogen and oxygen atoms in total. The predicted molar refractivity (Wildman–Crippen MR) is 114 cm³/mol. The summed E-state index contributed by atoms with van der Waals surface area (Å²) in [4.78, 5) is 28.8. The van der Waals surface area contributed by atoms with Gasteiger partial charge in [0, 0.05) is 44.4 Å². The maximum absolute atomic E-state index is 13.1. The maximum atomic E-state index is 13.1. The molecule has 0 aromatic heterocycles. The van der Waals surface area contributed by atoms with Gasteiger partial charge in [0.05, 0.1) is 9.77 Å². The Morgan fingerprint density at radius 3 is 2.58 bits per heavy atom. The van der Waals surface area contributed by atoms with Crippen LogP contribution in [0.15, 0.2) is 23.1 Å². The molecule has 2 amide bonds. The molecular formula is C20H25N3O6S2. The largest absolute Gasteiger partial charge is 0.486 e. The van der Waals surface area contributed by atoms with Crippen LogP contribution >= 0.6 is 11.8 Å². The quantitative estimate of drug-likeness (QED) is 0.647. The molecule has 0 aliphatic carbocycles. The molecule has 3 saturated heterocycles. The second-order valence-electron chi connectivity index (χ2n) is 8.30. The van der Waals surface area contributed by atoms with Crippen molar-refractivity contribution in [2.24, 2.45) is 0 Å². The van der Waals surface area contributed by atoms with Gasteiger partial charge in [0.2, 0.25) is 21.8 Å². The van der Waals surface area contributed by atoms with E-state index in [1.807, 2.05) is 6.92 Å². The van der Waals surface area contributed by atoms with E-state index < -0.39 is 16.1 Å². The number of piperazine rings is 1. The lowest BCUT2D eigenvalue weighted by Gasteiger charge is -2.37. The van der Waals surface area contributed by atoms with Gasteiger partial charge in [-0.3, -0.25) is 9.59 Å². The average molecular weight is 468 g/mol. The Labute approximate surface area is 185 Å². The average Bonchev–Trinajstić information content (AvgIpc) is 3.28. The summed E-state index contributed by atoms with van der Waals surface area (Å²) in [5, 5.41) is 0. The minimum absolute atomic E-state index is 0.0330. The number of sulfonamides is 1. The summed E-state index contributed by atoms with van der Waals surface area (Å²) in [6.07, 6.45) is 1.25. The Morgan fingerprint density at radius 1 is 1.13 bits per heavy atom. The molecule has 4 aliphatic rings. The van der Waals surface area contributed by atoms with Gasteiger partial charge >= 0.3 is 0 Å². The Bertz CT molecular complexity index is 1020. The normalized spacial score (nSPS) is 28.7. The van der Waals surface area contributed by atoms with Gasteiger partial charge in [0.25, 0.3) is 0 Å². The van der Waals surface area contributed by atoms with E-state index in [0.717, 1.165) is 6.42 Å². The van der Waals surface area contributed by atoms with Crippen LogP contribution < -0.4 is 9.47 Å². The zero-order valence-electron chi connectivity index (χ0n) is 17.3. The minimum atomic E-state index is -3.71. The number of benzene rings is 1. The van der Waals surface area contributed by atoms with Crippen molar-refractivity contribution in [2.75, 3.05) is 45.1 Å². The smallest absolute Gasteiger partial charge is 0.246 e. The maximum Gasteiger partial charge on any atom is 0.246 e. The first-order valence-corrected chi connectivity index (χ1v) is 12.9. The number of hydrogen-bond donors (Lipinski definition) is 0. The molecule has 0 N–H and O–H groups in total. The summed E-state index contributed by atoms with van der Waals surface area (Å²) in [7, 11) is -3.71. The second-order valence-corrected chi connectivity index (χ2v) is 11.7. The number of amides is 2. The first kappa shape index (κ1) is 20.9. The van der Waals surface area contributed by atoms with Crippen LogP contribution in [-0.4, -0.2) is 90.4 Å². The van der Waals surface area contributed by atoms with Crippen molar-refractivity contribution in [3.8, 4) is 11.5 Å². The van der Waals surface area contributed by atoms with Crippen LogP contribution in [0.5, 0.6) is 11.5 Å². The molecule has 0 saturated carbocycles. The highest BCUT2D eigenvalue weighted by molar-refractivity contribution is 8.01. The van der Waals surface area contributed by atoms with Gasteiger partial charge in [-0.2, -0.15) is 4.31 Å². The third kappa shape index (κ3) is 3.46. The summed E-state index contributed by atoms with van der Waals surface area (Å²) >= 11 is 1.66. The monoisotopic (exact) mass is 467 g/mol. The lowest BCUT2D eigenvalue weighted by atomic mass is 10.2. The van der Waals surface area contributed by atoms with Crippen LogP contribution in [0.4, 0.5) is 0 Å². The van der Waals surface area contributed by atoms with E-state index >= 15 is 0 Å². The molecule has 0 unspecified atom stereocenters. The fourth-order valence-corrected chi connectivity index (χ4v) is 7.56. The number of thioether (sulfide) groups is 1. The summed E-state index contributed by atoms with van der Waals surface area (Å²) in [5.41, 5.74) is 0. The Morgan fingerprint density at radius 2 is 1.84 bits per heavy atom. The number of rotatable bonds is 3. The summed E-state index contributed by atoms with van der Waals surface area (Å²) in [5.74, 6) is 1.52. The Hall–Kier alpha value is -1.98. The zero-order chi connectivity index (χ0) is 21.8. The molecule has 4 aliphatic heterocycles. The van der Waals surface area contributed by atoms with Crippen molar-refractivity contribution in [3.63, 3.8) is 0 Å². The van der Waals surface area contributed by atoms with Gasteiger partial charge in [0.1, 0.15) is 19.3 Å². The number of carbonyl (C=O) groups is 2. The van der Waals surface area contributed by atoms with Crippen LogP contribution in [-0.2, 0) is 19.6 Å². The molecule has 0 radical (unpaired) electrons. The number of carbonyl (C=O) groups excluding carboxylic acids is 2. The van der Waals surface area contributed by atoms with Crippen LogP contribution in [0.25, 0.3) is 0 Å². The fraction of sp³-hybridized carbons (Fsp3) is 0.600. The van der Waals surface area contributed by atoms with E-state index in [1.165, 1.54) is 16.4 Å². The number of ether oxygens (including phenoxy) is 2. The van der Waals surface area contributed by atoms with Crippen LogP contribution in [0, 0.1) is 0 Å². The highest BCUT2D eigenvalue weighted by atomic mass is 32.2. The molecule has 5 rings (SSSR count). The van der Waals surface area contributed by atoms with Gasteiger partial charge in [0.15, 0.2) is 11.5 Å². The third-order valence-electron chi connectivity index (χ3n) is 6.43. The molecule has 1 aromatic carbocycles. The molecule has 168 valence electrons. The van der Waals surface area contributed by atoms with Crippen molar-refractivity contribution in [2.45, 2.75) is 35.6 Å². The summed E-state index contributed by atoms with van der Waals surface area (Å²) in [6.45, 7) is 3.89. The first-order valence-electron chi connectivity index (χ1n) is 10.4.